The second-order valence-electron chi connectivity index (χ2n) is 3.80. The average Bonchev–Trinajstić information content (AvgIpc) is 2.84. The Balaban J connectivity index is 1.66. The number of nitrogens with zero attached hydrogens (tertiary/aromatic N) is 4. The van der Waals surface area contributed by atoms with Crippen molar-refractivity contribution < 1.29 is 4.74 Å². The molecule has 0 aliphatic carbocycles. The van der Waals surface area contributed by atoms with Gasteiger partial charge in [0.25, 0.3) is 0 Å². The molecule has 0 radical (unpaired) electrons. The summed E-state index contributed by atoms with van der Waals surface area (Å²) in [6.45, 7) is 3.53. The topological polar surface area (TPSA) is 84.9 Å². The second-order valence-corrected chi connectivity index (χ2v) is 4.55. The van der Waals surface area contributed by atoms with E-state index in [1.54, 1.807) is 13.2 Å². The first kappa shape index (κ1) is 13.5. The molecule has 0 aromatic carbocycles. The first-order valence-electron chi connectivity index (χ1n) is 5.92. The third-order valence-corrected chi connectivity index (χ3v) is 3.08. The van der Waals surface area contributed by atoms with Crippen molar-refractivity contribution in [3.05, 3.63) is 18.2 Å². The van der Waals surface area contributed by atoms with E-state index >= 15 is 0 Å². The Kier molecular flexibility index (Phi) is 4.85. The van der Waals surface area contributed by atoms with Gasteiger partial charge in [-0.1, -0.05) is 0 Å². The monoisotopic (exact) mass is 280 g/mol. The number of hydrogen-bond donors (Lipinski definition) is 2. The molecule has 8 heteroatoms. The van der Waals surface area contributed by atoms with Gasteiger partial charge in [0.2, 0.25) is 11.0 Å². The third-order valence-electron chi connectivity index (χ3n) is 2.31. The van der Waals surface area contributed by atoms with Crippen LogP contribution in [0.25, 0.3) is 0 Å². The zero-order valence-electron chi connectivity index (χ0n) is 10.9. The molecule has 0 atom stereocenters. The van der Waals surface area contributed by atoms with Crippen molar-refractivity contribution >= 4 is 22.5 Å². The van der Waals surface area contributed by atoms with Gasteiger partial charge in [0.15, 0.2) is 0 Å². The number of aromatic nitrogens is 4. The van der Waals surface area contributed by atoms with Crippen LogP contribution in [0.4, 0.5) is 10.9 Å². The molecule has 2 heterocycles. The Morgan fingerprint density at radius 1 is 1.26 bits per heavy atom. The van der Waals surface area contributed by atoms with Crippen LogP contribution in [0.1, 0.15) is 12.2 Å². The minimum atomic E-state index is 0.556. The van der Waals surface area contributed by atoms with E-state index in [0.29, 0.717) is 5.88 Å². The molecule has 0 unspecified atom stereocenters. The van der Waals surface area contributed by atoms with Crippen molar-refractivity contribution in [2.24, 2.45) is 0 Å². The maximum atomic E-state index is 5.03. The highest BCUT2D eigenvalue weighted by Crippen LogP contribution is 2.11. The molecule has 0 fully saturated rings. The van der Waals surface area contributed by atoms with E-state index in [-0.39, 0.29) is 0 Å². The molecule has 0 aliphatic rings. The highest BCUT2D eigenvalue weighted by atomic mass is 32.1. The maximum Gasteiger partial charge on any atom is 0.218 e. The van der Waals surface area contributed by atoms with Crippen LogP contribution in [0.15, 0.2) is 12.4 Å². The Labute approximate surface area is 115 Å². The largest absolute Gasteiger partial charge is 0.481 e. The quantitative estimate of drug-likeness (QED) is 0.744. The lowest BCUT2D eigenvalue weighted by molar-refractivity contribution is 0.397. The summed E-state index contributed by atoms with van der Waals surface area (Å²) in [7, 11) is 1.58. The molecule has 0 amide bonds. The van der Waals surface area contributed by atoms with Crippen LogP contribution in [0.3, 0.4) is 0 Å². The van der Waals surface area contributed by atoms with E-state index in [4.69, 9.17) is 4.74 Å². The Bertz CT molecular complexity index is 517. The molecule has 102 valence electrons. The van der Waals surface area contributed by atoms with Gasteiger partial charge in [-0.2, -0.15) is 4.37 Å². The summed E-state index contributed by atoms with van der Waals surface area (Å²) >= 11 is 1.38. The normalized spacial score (nSPS) is 10.2. The minimum absolute atomic E-state index is 0.556. The molecule has 19 heavy (non-hydrogen) atoms. The van der Waals surface area contributed by atoms with Gasteiger partial charge in [-0.25, -0.2) is 15.0 Å². The molecule has 0 saturated heterocycles. The van der Waals surface area contributed by atoms with Crippen molar-refractivity contribution in [2.75, 3.05) is 30.8 Å². The first-order valence-corrected chi connectivity index (χ1v) is 6.69. The predicted molar refractivity (Wildman–Crippen MR) is 74.8 cm³/mol. The van der Waals surface area contributed by atoms with Crippen molar-refractivity contribution in [3.63, 3.8) is 0 Å². The zero-order valence-corrected chi connectivity index (χ0v) is 11.7. The summed E-state index contributed by atoms with van der Waals surface area (Å²) in [4.78, 5) is 12.3. The number of rotatable bonds is 7. The minimum Gasteiger partial charge on any atom is -0.481 e. The second kappa shape index (κ2) is 6.83. The molecule has 0 aliphatic heterocycles. The van der Waals surface area contributed by atoms with Crippen molar-refractivity contribution in [1.82, 2.24) is 19.3 Å². The van der Waals surface area contributed by atoms with E-state index < -0.39 is 0 Å². The van der Waals surface area contributed by atoms with Gasteiger partial charge >= 0.3 is 0 Å². The van der Waals surface area contributed by atoms with Gasteiger partial charge in [-0.3, -0.25) is 0 Å². The molecule has 0 bridgehead atoms. The Morgan fingerprint density at radius 2 is 2.11 bits per heavy atom. The number of hydrogen-bond acceptors (Lipinski definition) is 8. The van der Waals surface area contributed by atoms with Crippen LogP contribution in [0.5, 0.6) is 5.88 Å². The van der Waals surface area contributed by atoms with Crippen molar-refractivity contribution in [3.8, 4) is 5.88 Å². The van der Waals surface area contributed by atoms with E-state index in [1.807, 2.05) is 6.92 Å². The van der Waals surface area contributed by atoms with Crippen molar-refractivity contribution in [2.45, 2.75) is 13.3 Å². The Hall–Kier alpha value is -1.96. The summed E-state index contributed by atoms with van der Waals surface area (Å²) in [6, 6.07) is 1.77. The van der Waals surface area contributed by atoms with Crippen LogP contribution in [-0.2, 0) is 0 Å². The average molecular weight is 280 g/mol. The van der Waals surface area contributed by atoms with Crippen LogP contribution >= 0.6 is 11.5 Å². The highest BCUT2D eigenvalue weighted by Gasteiger charge is 1.99. The first-order chi connectivity index (χ1) is 9.28. The van der Waals surface area contributed by atoms with E-state index in [9.17, 15) is 0 Å². The summed E-state index contributed by atoms with van der Waals surface area (Å²) in [5.41, 5.74) is 0. The third kappa shape index (κ3) is 4.32. The lowest BCUT2D eigenvalue weighted by atomic mass is 10.4. The number of aryl methyl sites for hydroxylation is 1. The predicted octanol–water partition coefficient (Wildman–Crippen LogP) is 1.56. The summed E-state index contributed by atoms with van der Waals surface area (Å²) in [5, 5.41) is 7.29. The standard InChI is InChI=1S/C11H16N6OS/c1-8-16-11(19-17-8)13-5-3-4-12-9-6-10(18-2)15-7-14-9/h6-7H,3-5H2,1-2H3,(H,12,14,15)(H,13,16,17). The molecule has 0 saturated carbocycles. The molecule has 2 N–H and O–H groups in total. The van der Waals surface area contributed by atoms with Gasteiger partial charge in [0, 0.05) is 30.7 Å². The molecule has 2 aromatic heterocycles. The molecule has 7 nitrogen and oxygen atoms in total. The highest BCUT2D eigenvalue weighted by molar-refractivity contribution is 7.09. The lowest BCUT2D eigenvalue weighted by Gasteiger charge is -2.06. The maximum absolute atomic E-state index is 5.03. The molecule has 2 aromatic rings. The number of methoxy groups -OCH3 is 1. The zero-order chi connectivity index (χ0) is 13.5. The summed E-state index contributed by atoms with van der Waals surface area (Å²) in [6.07, 6.45) is 2.42. The number of anilines is 2. The van der Waals surface area contributed by atoms with Gasteiger partial charge in [-0.15, -0.1) is 0 Å². The van der Waals surface area contributed by atoms with E-state index in [0.717, 1.165) is 36.3 Å². The number of nitrogens with one attached hydrogen (secondary N) is 2. The van der Waals surface area contributed by atoms with Crippen LogP contribution < -0.4 is 15.4 Å². The smallest absolute Gasteiger partial charge is 0.218 e. The molecule has 2 rings (SSSR count). The van der Waals surface area contributed by atoms with Gasteiger partial charge in [-0.05, 0) is 13.3 Å². The van der Waals surface area contributed by atoms with Gasteiger partial charge in [0.05, 0.1) is 7.11 Å². The number of ether oxygens (including phenoxy) is 1. The van der Waals surface area contributed by atoms with Crippen LogP contribution in [0, 0.1) is 6.92 Å². The fourth-order valence-corrected chi connectivity index (χ4v) is 2.02. The fraction of sp³-hybridized carbons (Fsp3) is 0.455. The van der Waals surface area contributed by atoms with Gasteiger partial charge < -0.3 is 15.4 Å². The van der Waals surface area contributed by atoms with E-state index in [1.165, 1.54) is 17.9 Å². The SMILES string of the molecule is COc1cc(NCCCNc2nc(C)ns2)ncn1. The summed E-state index contributed by atoms with van der Waals surface area (Å²) < 4.78 is 9.13. The van der Waals surface area contributed by atoms with Crippen LogP contribution in [-0.4, -0.2) is 39.5 Å². The Morgan fingerprint density at radius 3 is 2.84 bits per heavy atom. The van der Waals surface area contributed by atoms with Crippen molar-refractivity contribution in [1.29, 1.82) is 0 Å². The molecular formula is C11H16N6OS. The van der Waals surface area contributed by atoms with E-state index in [2.05, 4.69) is 30.0 Å². The summed E-state index contributed by atoms with van der Waals surface area (Å²) in [5.74, 6) is 2.12. The molecular weight excluding hydrogens is 264 g/mol. The van der Waals surface area contributed by atoms with Crippen LogP contribution in [0.2, 0.25) is 0 Å². The van der Waals surface area contributed by atoms with Gasteiger partial charge in [0.1, 0.15) is 18.0 Å². The molecule has 0 spiro atoms. The lowest BCUT2D eigenvalue weighted by Crippen LogP contribution is -2.10. The fourth-order valence-electron chi connectivity index (χ4n) is 1.42.